The molecule has 0 atom stereocenters. The zero-order valence-electron chi connectivity index (χ0n) is 13.4. The Balaban J connectivity index is 2.21. The van der Waals surface area contributed by atoms with Gasteiger partial charge in [-0.2, -0.15) is 13.2 Å². The molecule has 0 unspecified atom stereocenters. The molecule has 0 bridgehead atoms. The van der Waals surface area contributed by atoms with E-state index < -0.39 is 11.7 Å². The highest BCUT2D eigenvalue weighted by Crippen LogP contribution is 2.30. The van der Waals surface area contributed by atoms with E-state index in [-0.39, 0.29) is 11.3 Å². The molecule has 6 heteroatoms. The highest BCUT2D eigenvalue weighted by molar-refractivity contribution is 5.79. The van der Waals surface area contributed by atoms with Gasteiger partial charge in [-0.15, -0.1) is 0 Å². The van der Waals surface area contributed by atoms with Crippen molar-refractivity contribution in [3.63, 3.8) is 0 Å². The van der Waals surface area contributed by atoms with Crippen LogP contribution in [-0.2, 0) is 13.2 Å². The Labute approximate surface area is 136 Å². The molecule has 124 valence electrons. The Kier molecular flexibility index (Phi) is 3.70. The zero-order valence-corrected chi connectivity index (χ0v) is 13.4. The van der Waals surface area contributed by atoms with E-state index in [0.717, 1.165) is 23.3 Å². The number of aryl methyl sites for hydroxylation is 3. The summed E-state index contributed by atoms with van der Waals surface area (Å²) < 4.78 is 39.5. The SMILES string of the molecule is Cc1cc2nc(-c3ccc(C(F)(F)F)cc3)c(=O)n(C)c2cc1C. The third-order valence-corrected chi connectivity index (χ3v) is 4.18. The van der Waals surface area contributed by atoms with Crippen LogP contribution in [0.15, 0.2) is 41.2 Å². The Morgan fingerprint density at radius 3 is 2.17 bits per heavy atom. The lowest BCUT2D eigenvalue weighted by atomic mass is 10.1. The van der Waals surface area contributed by atoms with Gasteiger partial charge in [0, 0.05) is 12.6 Å². The molecule has 0 saturated heterocycles. The topological polar surface area (TPSA) is 34.9 Å². The Bertz CT molecular complexity index is 986. The lowest BCUT2D eigenvalue weighted by molar-refractivity contribution is -0.137. The minimum atomic E-state index is -4.41. The Morgan fingerprint density at radius 1 is 1.00 bits per heavy atom. The summed E-state index contributed by atoms with van der Waals surface area (Å²) in [5.41, 5.74) is 2.81. The fourth-order valence-corrected chi connectivity index (χ4v) is 2.59. The van der Waals surface area contributed by atoms with Crippen LogP contribution in [0.5, 0.6) is 0 Å². The van der Waals surface area contributed by atoms with E-state index in [1.54, 1.807) is 7.05 Å². The summed E-state index contributed by atoms with van der Waals surface area (Å²) >= 11 is 0. The summed E-state index contributed by atoms with van der Waals surface area (Å²) in [6, 6.07) is 8.23. The van der Waals surface area contributed by atoms with Crippen LogP contribution < -0.4 is 5.56 Å². The third kappa shape index (κ3) is 2.68. The van der Waals surface area contributed by atoms with Gasteiger partial charge in [0.05, 0.1) is 16.6 Å². The van der Waals surface area contributed by atoms with Crippen molar-refractivity contribution in [2.24, 2.45) is 7.05 Å². The summed E-state index contributed by atoms with van der Waals surface area (Å²) in [6.07, 6.45) is -4.41. The molecule has 1 heterocycles. The van der Waals surface area contributed by atoms with Crippen molar-refractivity contribution in [1.29, 1.82) is 0 Å². The first-order chi connectivity index (χ1) is 11.2. The average Bonchev–Trinajstić information content (AvgIpc) is 2.52. The minimum absolute atomic E-state index is 0.141. The first-order valence-corrected chi connectivity index (χ1v) is 7.34. The van der Waals surface area contributed by atoms with E-state index in [4.69, 9.17) is 0 Å². The van der Waals surface area contributed by atoms with E-state index in [2.05, 4.69) is 4.98 Å². The first-order valence-electron chi connectivity index (χ1n) is 7.34. The molecule has 0 aliphatic heterocycles. The van der Waals surface area contributed by atoms with Crippen molar-refractivity contribution in [2.75, 3.05) is 0 Å². The highest BCUT2D eigenvalue weighted by Gasteiger charge is 2.30. The number of rotatable bonds is 1. The highest BCUT2D eigenvalue weighted by atomic mass is 19.4. The van der Waals surface area contributed by atoms with Crippen LogP contribution in [0, 0.1) is 13.8 Å². The lowest BCUT2D eigenvalue weighted by Gasteiger charge is -2.11. The maximum Gasteiger partial charge on any atom is 0.416 e. The van der Waals surface area contributed by atoms with Crippen molar-refractivity contribution in [3.8, 4) is 11.3 Å². The molecule has 0 spiro atoms. The summed E-state index contributed by atoms with van der Waals surface area (Å²) in [7, 11) is 1.63. The van der Waals surface area contributed by atoms with Crippen LogP contribution in [0.25, 0.3) is 22.3 Å². The monoisotopic (exact) mass is 332 g/mol. The third-order valence-electron chi connectivity index (χ3n) is 4.18. The van der Waals surface area contributed by atoms with Crippen LogP contribution in [0.2, 0.25) is 0 Å². The maximum atomic E-state index is 12.7. The zero-order chi connectivity index (χ0) is 17.6. The Morgan fingerprint density at radius 2 is 1.58 bits per heavy atom. The van der Waals surface area contributed by atoms with Crippen LogP contribution in [0.1, 0.15) is 16.7 Å². The molecular formula is C18H15F3N2O. The van der Waals surface area contributed by atoms with E-state index in [0.29, 0.717) is 16.6 Å². The van der Waals surface area contributed by atoms with Crippen LogP contribution in [0.4, 0.5) is 13.2 Å². The van der Waals surface area contributed by atoms with Crippen LogP contribution in [-0.4, -0.2) is 9.55 Å². The van der Waals surface area contributed by atoms with Gasteiger partial charge < -0.3 is 4.57 Å². The predicted octanol–water partition coefficient (Wildman–Crippen LogP) is 4.24. The normalized spacial score (nSPS) is 11.9. The molecule has 0 N–H and O–H groups in total. The van der Waals surface area contributed by atoms with Gasteiger partial charge in [-0.25, -0.2) is 4.98 Å². The second-order valence-electron chi connectivity index (χ2n) is 5.82. The molecule has 3 rings (SSSR count). The number of halogens is 3. The molecule has 3 aromatic rings. The average molecular weight is 332 g/mol. The van der Waals surface area contributed by atoms with Crippen LogP contribution in [0.3, 0.4) is 0 Å². The minimum Gasteiger partial charge on any atom is -0.308 e. The second-order valence-corrected chi connectivity index (χ2v) is 5.82. The number of alkyl halides is 3. The summed E-state index contributed by atoms with van der Waals surface area (Å²) in [5, 5.41) is 0. The van der Waals surface area contributed by atoms with E-state index in [1.807, 2.05) is 26.0 Å². The number of benzene rings is 2. The van der Waals surface area contributed by atoms with Crippen molar-refractivity contribution >= 4 is 11.0 Å². The predicted molar refractivity (Wildman–Crippen MR) is 86.9 cm³/mol. The van der Waals surface area contributed by atoms with Crippen molar-refractivity contribution in [2.45, 2.75) is 20.0 Å². The summed E-state index contributed by atoms with van der Waals surface area (Å²) in [5.74, 6) is 0. The molecule has 0 amide bonds. The number of fused-ring (bicyclic) bond motifs is 1. The number of aromatic nitrogens is 2. The smallest absolute Gasteiger partial charge is 0.308 e. The molecule has 2 aromatic carbocycles. The van der Waals surface area contributed by atoms with Crippen molar-refractivity contribution in [3.05, 3.63) is 63.4 Å². The lowest BCUT2D eigenvalue weighted by Crippen LogP contribution is -2.21. The van der Waals surface area contributed by atoms with Gasteiger partial charge in [0.25, 0.3) is 5.56 Å². The van der Waals surface area contributed by atoms with Gasteiger partial charge >= 0.3 is 6.18 Å². The number of nitrogens with zero attached hydrogens (tertiary/aromatic N) is 2. The molecule has 0 radical (unpaired) electrons. The maximum absolute atomic E-state index is 12.7. The molecule has 0 aliphatic rings. The summed E-state index contributed by atoms with van der Waals surface area (Å²) in [6.45, 7) is 3.89. The van der Waals surface area contributed by atoms with Gasteiger partial charge in [0.15, 0.2) is 0 Å². The first kappa shape index (κ1) is 16.2. The Hall–Kier alpha value is -2.63. The van der Waals surface area contributed by atoms with Gasteiger partial charge in [-0.1, -0.05) is 12.1 Å². The van der Waals surface area contributed by atoms with Gasteiger partial charge in [-0.05, 0) is 49.2 Å². The van der Waals surface area contributed by atoms with Crippen molar-refractivity contribution in [1.82, 2.24) is 9.55 Å². The van der Waals surface area contributed by atoms with E-state index in [1.165, 1.54) is 16.7 Å². The summed E-state index contributed by atoms with van der Waals surface area (Å²) in [4.78, 5) is 16.9. The number of hydrogen-bond donors (Lipinski definition) is 0. The standard InChI is InChI=1S/C18H15F3N2O/c1-10-8-14-15(9-11(10)2)23(3)17(24)16(22-14)12-4-6-13(7-5-12)18(19,20)21/h4-9H,1-3H3. The van der Waals surface area contributed by atoms with E-state index >= 15 is 0 Å². The van der Waals surface area contributed by atoms with Gasteiger partial charge in [0.1, 0.15) is 5.69 Å². The van der Waals surface area contributed by atoms with Crippen molar-refractivity contribution < 1.29 is 13.2 Å². The molecule has 1 aromatic heterocycles. The van der Waals surface area contributed by atoms with Gasteiger partial charge in [0.2, 0.25) is 0 Å². The quantitative estimate of drug-likeness (QED) is 0.668. The molecule has 24 heavy (non-hydrogen) atoms. The fraction of sp³-hybridized carbons (Fsp3) is 0.222. The molecule has 0 fully saturated rings. The van der Waals surface area contributed by atoms with E-state index in [9.17, 15) is 18.0 Å². The molecule has 0 aliphatic carbocycles. The van der Waals surface area contributed by atoms with Gasteiger partial charge in [-0.3, -0.25) is 4.79 Å². The fourth-order valence-electron chi connectivity index (χ4n) is 2.59. The second kappa shape index (κ2) is 5.47. The van der Waals surface area contributed by atoms with Crippen LogP contribution >= 0.6 is 0 Å². The molecule has 3 nitrogen and oxygen atoms in total. The number of hydrogen-bond acceptors (Lipinski definition) is 2. The largest absolute Gasteiger partial charge is 0.416 e. The molecule has 0 saturated carbocycles. The molecular weight excluding hydrogens is 317 g/mol.